The summed E-state index contributed by atoms with van der Waals surface area (Å²) in [7, 11) is 0. The molecule has 1 saturated carbocycles. The third-order valence-corrected chi connectivity index (χ3v) is 4.92. The number of halogens is 1. The zero-order valence-corrected chi connectivity index (χ0v) is 13.3. The van der Waals surface area contributed by atoms with Gasteiger partial charge in [-0.25, -0.2) is 0 Å². The molecule has 1 N–H and O–H groups in total. The number of rotatable bonds is 5. The molecule has 0 amide bonds. The van der Waals surface area contributed by atoms with Crippen molar-refractivity contribution in [2.45, 2.75) is 44.2 Å². The Labute approximate surface area is 129 Å². The standard InChI is InChI=1S/C16H22BrNO2/c17-13-5-6-16-12(9-13)10-15(20-16)11-18(7-8-19)14-3-1-2-4-14/h5-6,9,14-15,19H,1-4,7-8,10-11H2. The number of hydrogen-bond acceptors (Lipinski definition) is 3. The monoisotopic (exact) mass is 339 g/mol. The first-order valence-corrected chi connectivity index (χ1v) is 8.35. The Morgan fingerprint density at radius 3 is 2.85 bits per heavy atom. The number of aliphatic hydroxyl groups excluding tert-OH is 1. The van der Waals surface area contributed by atoms with Gasteiger partial charge in [0.2, 0.25) is 0 Å². The summed E-state index contributed by atoms with van der Waals surface area (Å²) < 4.78 is 7.17. The van der Waals surface area contributed by atoms with E-state index in [-0.39, 0.29) is 12.7 Å². The third kappa shape index (κ3) is 3.18. The van der Waals surface area contributed by atoms with Crippen LogP contribution in [-0.2, 0) is 6.42 Å². The number of ether oxygens (including phenoxy) is 1. The first-order chi connectivity index (χ1) is 9.76. The molecule has 1 aromatic carbocycles. The molecule has 3 nitrogen and oxygen atoms in total. The van der Waals surface area contributed by atoms with Crippen molar-refractivity contribution in [2.24, 2.45) is 0 Å². The second-order valence-electron chi connectivity index (χ2n) is 5.85. The summed E-state index contributed by atoms with van der Waals surface area (Å²) >= 11 is 3.52. The normalized spacial score (nSPS) is 22.2. The van der Waals surface area contributed by atoms with Crippen LogP contribution in [0.5, 0.6) is 5.75 Å². The second-order valence-corrected chi connectivity index (χ2v) is 6.77. The average Bonchev–Trinajstić information content (AvgIpc) is 3.06. The highest BCUT2D eigenvalue weighted by Gasteiger charge is 2.29. The van der Waals surface area contributed by atoms with Gasteiger partial charge in [-0.1, -0.05) is 28.8 Å². The number of fused-ring (bicyclic) bond motifs is 1. The number of nitrogens with zero attached hydrogens (tertiary/aromatic N) is 1. The van der Waals surface area contributed by atoms with Crippen LogP contribution >= 0.6 is 15.9 Å². The van der Waals surface area contributed by atoms with E-state index in [1.807, 2.05) is 12.1 Å². The van der Waals surface area contributed by atoms with E-state index in [0.29, 0.717) is 6.04 Å². The van der Waals surface area contributed by atoms with Gasteiger partial charge in [-0.15, -0.1) is 0 Å². The molecule has 1 aliphatic heterocycles. The second kappa shape index (κ2) is 6.46. The molecule has 0 aromatic heterocycles. The molecule has 0 spiro atoms. The summed E-state index contributed by atoms with van der Waals surface area (Å²) in [6.07, 6.45) is 6.39. The highest BCUT2D eigenvalue weighted by molar-refractivity contribution is 9.10. The van der Waals surface area contributed by atoms with Gasteiger partial charge in [-0.05, 0) is 36.6 Å². The molecule has 3 rings (SSSR count). The van der Waals surface area contributed by atoms with Gasteiger partial charge in [0.15, 0.2) is 0 Å². The van der Waals surface area contributed by atoms with Crippen LogP contribution in [0.1, 0.15) is 31.2 Å². The minimum absolute atomic E-state index is 0.228. The van der Waals surface area contributed by atoms with E-state index in [2.05, 4.69) is 26.9 Å². The molecule has 1 atom stereocenters. The highest BCUT2D eigenvalue weighted by Crippen LogP contribution is 2.32. The molecule has 1 aromatic rings. The highest BCUT2D eigenvalue weighted by atomic mass is 79.9. The van der Waals surface area contributed by atoms with Gasteiger partial charge in [0, 0.05) is 30.0 Å². The van der Waals surface area contributed by atoms with Crippen LogP contribution in [0, 0.1) is 0 Å². The summed E-state index contributed by atoms with van der Waals surface area (Å²) in [6, 6.07) is 6.87. The Bertz CT molecular complexity index is 460. The van der Waals surface area contributed by atoms with E-state index in [4.69, 9.17) is 4.74 Å². The van der Waals surface area contributed by atoms with Crippen LogP contribution in [-0.4, -0.2) is 41.8 Å². The molecule has 0 saturated heterocycles. The van der Waals surface area contributed by atoms with E-state index in [1.165, 1.54) is 31.2 Å². The predicted molar refractivity (Wildman–Crippen MR) is 83.2 cm³/mol. The molecular weight excluding hydrogens is 318 g/mol. The number of aliphatic hydroxyl groups is 1. The van der Waals surface area contributed by atoms with Crippen molar-refractivity contribution in [1.29, 1.82) is 0 Å². The van der Waals surface area contributed by atoms with E-state index < -0.39 is 0 Å². The van der Waals surface area contributed by atoms with E-state index in [0.717, 1.165) is 29.7 Å². The SMILES string of the molecule is OCCN(CC1Cc2cc(Br)ccc2O1)C1CCCC1. The molecule has 20 heavy (non-hydrogen) atoms. The van der Waals surface area contributed by atoms with Crippen LogP contribution in [0.3, 0.4) is 0 Å². The zero-order chi connectivity index (χ0) is 13.9. The van der Waals surface area contributed by atoms with Gasteiger partial charge in [0.05, 0.1) is 6.61 Å². The lowest BCUT2D eigenvalue weighted by molar-refractivity contribution is 0.0975. The topological polar surface area (TPSA) is 32.7 Å². The zero-order valence-electron chi connectivity index (χ0n) is 11.7. The molecule has 1 unspecified atom stereocenters. The number of benzene rings is 1. The molecule has 0 bridgehead atoms. The lowest BCUT2D eigenvalue weighted by Crippen LogP contribution is -2.42. The lowest BCUT2D eigenvalue weighted by Gasteiger charge is -2.30. The van der Waals surface area contributed by atoms with E-state index in [9.17, 15) is 5.11 Å². The smallest absolute Gasteiger partial charge is 0.123 e. The fraction of sp³-hybridized carbons (Fsp3) is 0.625. The van der Waals surface area contributed by atoms with E-state index >= 15 is 0 Å². The summed E-state index contributed by atoms with van der Waals surface area (Å²) in [4.78, 5) is 2.43. The van der Waals surface area contributed by atoms with Crippen molar-refractivity contribution >= 4 is 15.9 Å². The van der Waals surface area contributed by atoms with Crippen LogP contribution in [0.25, 0.3) is 0 Å². The first kappa shape index (κ1) is 14.4. The fourth-order valence-electron chi connectivity index (χ4n) is 3.47. The van der Waals surface area contributed by atoms with Crippen molar-refractivity contribution in [3.63, 3.8) is 0 Å². The van der Waals surface area contributed by atoms with Gasteiger partial charge in [0.1, 0.15) is 11.9 Å². The van der Waals surface area contributed by atoms with Gasteiger partial charge < -0.3 is 9.84 Å². The third-order valence-electron chi connectivity index (χ3n) is 4.43. The Morgan fingerprint density at radius 1 is 1.30 bits per heavy atom. The van der Waals surface area contributed by atoms with E-state index in [1.54, 1.807) is 0 Å². The molecular formula is C16H22BrNO2. The Balaban J connectivity index is 1.62. The van der Waals surface area contributed by atoms with Crippen LogP contribution in [0.15, 0.2) is 22.7 Å². The maximum Gasteiger partial charge on any atom is 0.123 e. The molecule has 0 radical (unpaired) electrons. The molecule has 110 valence electrons. The summed E-state index contributed by atoms with van der Waals surface area (Å²) in [5.74, 6) is 1.02. The molecule has 1 heterocycles. The van der Waals surface area contributed by atoms with Crippen molar-refractivity contribution in [3.05, 3.63) is 28.2 Å². The predicted octanol–water partition coefficient (Wildman–Crippen LogP) is 2.99. The maximum absolute atomic E-state index is 9.29. The van der Waals surface area contributed by atoms with Crippen molar-refractivity contribution < 1.29 is 9.84 Å². The van der Waals surface area contributed by atoms with Gasteiger partial charge >= 0.3 is 0 Å². The van der Waals surface area contributed by atoms with Gasteiger partial charge in [0.25, 0.3) is 0 Å². The maximum atomic E-state index is 9.29. The number of hydrogen-bond donors (Lipinski definition) is 1. The molecule has 4 heteroatoms. The average molecular weight is 340 g/mol. The summed E-state index contributed by atoms with van der Waals surface area (Å²) in [5, 5.41) is 9.29. The van der Waals surface area contributed by atoms with Gasteiger partial charge in [-0.2, -0.15) is 0 Å². The Kier molecular flexibility index (Phi) is 4.64. The molecule has 2 aliphatic rings. The minimum Gasteiger partial charge on any atom is -0.488 e. The Hall–Kier alpha value is -0.580. The molecule has 1 fully saturated rings. The van der Waals surface area contributed by atoms with Gasteiger partial charge in [-0.3, -0.25) is 4.90 Å². The lowest BCUT2D eigenvalue weighted by atomic mass is 10.1. The minimum atomic E-state index is 0.228. The summed E-state index contributed by atoms with van der Waals surface area (Å²) in [6.45, 7) is 1.93. The van der Waals surface area contributed by atoms with Crippen LogP contribution in [0.2, 0.25) is 0 Å². The largest absolute Gasteiger partial charge is 0.488 e. The quantitative estimate of drug-likeness (QED) is 0.895. The fourth-order valence-corrected chi connectivity index (χ4v) is 3.88. The first-order valence-electron chi connectivity index (χ1n) is 7.56. The molecule has 1 aliphatic carbocycles. The Morgan fingerprint density at radius 2 is 2.10 bits per heavy atom. The van der Waals surface area contributed by atoms with Crippen molar-refractivity contribution in [2.75, 3.05) is 19.7 Å². The van der Waals surface area contributed by atoms with Crippen molar-refractivity contribution in [3.8, 4) is 5.75 Å². The van der Waals surface area contributed by atoms with Crippen molar-refractivity contribution in [1.82, 2.24) is 4.90 Å². The van der Waals surface area contributed by atoms with Crippen LogP contribution < -0.4 is 4.74 Å². The van der Waals surface area contributed by atoms with Crippen LogP contribution in [0.4, 0.5) is 0 Å². The summed E-state index contributed by atoms with van der Waals surface area (Å²) in [5.41, 5.74) is 1.29.